The molecule has 2 heterocycles. The van der Waals surface area contributed by atoms with Gasteiger partial charge in [0, 0.05) is 5.69 Å². The number of rotatable bonds is 1. The van der Waals surface area contributed by atoms with Gasteiger partial charge in [0.2, 0.25) is 0 Å². The number of nitrogens with zero attached hydrogens (tertiary/aromatic N) is 3. The Morgan fingerprint density at radius 3 is 2.29 bits per heavy atom. The van der Waals surface area contributed by atoms with E-state index in [1.807, 2.05) is 24.6 Å². The third kappa shape index (κ3) is 2.22. The second-order valence-electron chi connectivity index (χ2n) is 5.66. The van der Waals surface area contributed by atoms with Gasteiger partial charge >= 0.3 is 0 Å². The first-order chi connectivity index (χ1) is 9.88. The summed E-state index contributed by atoms with van der Waals surface area (Å²) in [5.41, 5.74) is 7.40. The molecule has 21 heavy (non-hydrogen) atoms. The molecule has 0 bridgehead atoms. The molecule has 0 radical (unpaired) electrons. The lowest BCUT2D eigenvalue weighted by molar-refractivity contribution is 0.866. The van der Waals surface area contributed by atoms with Gasteiger partial charge in [-0.25, -0.2) is 9.67 Å². The summed E-state index contributed by atoms with van der Waals surface area (Å²) in [6.07, 6.45) is 0. The maximum Gasteiger partial charge on any atom is 0.164 e. The number of fused-ring (bicyclic) bond motifs is 1. The van der Waals surface area contributed by atoms with Crippen molar-refractivity contribution in [3.05, 3.63) is 51.3 Å². The third-order valence-corrected chi connectivity index (χ3v) is 4.23. The fourth-order valence-corrected chi connectivity index (χ4v) is 3.07. The number of halogens is 1. The molecule has 108 valence electrons. The van der Waals surface area contributed by atoms with Crippen LogP contribution in [0, 0.1) is 34.6 Å². The van der Waals surface area contributed by atoms with Gasteiger partial charge in [-0.05, 0) is 63.4 Å². The summed E-state index contributed by atoms with van der Waals surface area (Å²) in [5, 5.41) is 6.30. The molecular formula is C17H18ClN3. The number of aryl methyl sites for hydroxylation is 5. The minimum atomic E-state index is 0.711. The number of aromatic nitrogens is 3. The Labute approximate surface area is 129 Å². The number of hydrogen-bond acceptors (Lipinski definition) is 2. The lowest BCUT2D eigenvalue weighted by atomic mass is 10.1. The SMILES string of the molecule is Cc1cc(Cl)c2c(C)nn(-c3cc(C)c(C)cc3C)c2n1. The molecule has 0 aliphatic carbocycles. The highest BCUT2D eigenvalue weighted by molar-refractivity contribution is 6.35. The van der Waals surface area contributed by atoms with Gasteiger partial charge in [0.05, 0.1) is 21.8 Å². The van der Waals surface area contributed by atoms with Crippen LogP contribution in [0.4, 0.5) is 0 Å². The topological polar surface area (TPSA) is 30.7 Å². The van der Waals surface area contributed by atoms with Crippen molar-refractivity contribution in [1.29, 1.82) is 0 Å². The second kappa shape index (κ2) is 4.85. The van der Waals surface area contributed by atoms with E-state index in [9.17, 15) is 0 Å². The molecule has 2 aromatic heterocycles. The van der Waals surface area contributed by atoms with Crippen LogP contribution in [0.3, 0.4) is 0 Å². The van der Waals surface area contributed by atoms with Crippen molar-refractivity contribution in [3.63, 3.8) is 0 Å². The summed E-state index contributed by atoms with van der Waals surface area (Å²) in [4.78, 5) is 4.64. The Bertz CT molecular complexity index is 862. The van der Waals surface area contributed by atoms with Crippen molar-refractivity contribution in [3.8, 4) is 5.69 Å². The summed E-state index contributed by atoms with van der Waals surface area (Å²) in [7, 11) is 0. The van der Waals surface area contributed by atoms with E-state index in [1.54, 1.807) is 0 Å². The molecule has 4 heteroatoms. The Hall–Kier alpha value is -1.87. The predicted octanol–water partition coefficient (Wildman–Crippen LogP) is 4.62. The summed E-state index contributed by atoms with van der Waals surface area (Å²) < 4.78 is 1.91. The molecular weight excluding hydrogens is 282 g/mol. The summed E-state index contributed by atoms with van der Waals surface area (Å²) in [6.45, 7) is 10.3. The summed E-state index contributed by atoms with van der Waals surface area (Å²) >= 11 is 6.37. The highest BCUT2D eigenvalue weighted by Gasteiger charge is 2.16. The van der Waals surface area contributed by atoms with Crippen LogP contribution >= 0.6 is 11.6 Å². The molecule has 0 atom stereocenters. The average Bonchev–Trinajstić information content (AvgIpc) is 2.71. The zero-order chi connectivity index (χ0) is 15.3. The zero-order valence-corrected chi connectivity index (χ0v) is 13.7. The van der Waals surface area contributed by atoms with Crippen molar-refractivity contribution in [2.24, 2.45) is 0 Å². The van der Waals surface area contributed by atoms with Gasteiger partial charge < -0.3 is 0 Å². The van der Waals surface area contributed by atoms with E-state index in [1.165, 1.54) is 16.7 Å². The second-order valence-corrected chi connectivity index (χ2v) is 6.07. The predicted molar refractivity (Wildman–Crippen MR) is 87.6 cm³/mol. The molecule has 3 rings (SSSR count). The van der Waals surface area contributed by atoms with Crippen LogP contribution in [0.15, 0.2) is 18.2 Å². The smallest absolute Gasteiger partial charge is 0.164 e. The molecule has 1 aromatic carbocycles. The highest BCUT2D eigenvalue weighted by Crippen LogP contribution is 2.29. The summed E-state index contributed by atoms with van der Waals surface area (Å²) in [6, 6.07) is 6.23. The first-order valence-electron chi connectivity index (χ1n) is 6.99. The number of benzene rings is 1. The van der Waals surface area contributed by atoms with E-state index in [4.69, 9.17) is 11.6 Å². The molecule has 0 saturated heterocycles. The van der Waals surface area contributed by atoms with Crippen molar-refractivity contribution in [1.82, 2.24) is 14.8 Å². The molecule has 3 aromatic rings. The van der Waals surface area contributed by atoms with Crippen molar-refractivity contribution in [2.75, 3.05) is 0 Å². The standard InChI is InChI=1S/C17H18ClN3/c1-9-6-11(3)15(7-10(9)2)21-17-16(13(5)20-21)14(18)8-12(4)19-17/h6-8H,1-5H3. The van der Waals surface area contributed by atoms with Crippen LogP contribution in [0.5, 0.6) is 0 Å². The molecule has 0 spiro atoms. The molecule has 0 N–H and O–H groups in total. The summed E-state index contributed by atoms with van der Waals surface area (Å²) in [5.74, 6) is 0. The van der Waals surface area contributed by atoms with E-state index in [2.05, 4.69) is 43.0 Å². The van der Waals surface area contributed by atoms with Gasteiger partial charge in [-0.2, -0.15) is 5.10 Å². The Morgan fingerprint density at radius 1 is 0.905 bits per heavy atom. The number of pyridine rings is 1. The molecule has 0 fully saturated rings. The minimum Gasteiger partial charge on any atom is -0.233 e. The van der Waals surface area contributed by atoms with Gasteiger partial charge in [0.25, 0.3) is 0 Å². The van der Waals surface area contributed by atoms with Gasteiger partial charge in [-0.15, -0.1) is 0 Å². The highest BCUT2D eigenvalue weighted by atomic mass is 35.5. The third-order valence-electron chi connectivity index (χ3n) is 3.93. The van der Waals surface area contributed by atoms with Crippen LogP contribution in [0.2, 0.25) is 5.02 Å². The Kier molecular flexibility index (Phi) is 3.25. The maximum absolute atomic E-state index is 6.37. The van der Waals surface area contributed by atoms with E-state index in [0.717, 1.165) is 28.1 Å². The van der Waals surface area contributed by atoms with E-state index < -0.39 is 0 Å². The quantitative estimate of drug-likeness (QED) is 0.656. The van der Waals surface area contributed by atoms with Gasteiger partial charge in [-0.1, -0.05) is 17.7 Å². The first-order valence-corrected chi connectivity index (χ1v) is 7.37. The molecule has 3 nitrogen and oxygen atoms in total. The Balaban J connectivity index is 2.39. The van der Waals surface area contributed by atoms with Crippen LogP contribution in [0.1, 0.15) is 28.1 Å². The molecule has 0 amide bonds. The molecule has 0 aliphatic heterocycles. The van der Waals surface area contributed by atoms with E-state index in [0.29, 0.717) is 5.02 Å². The molecule has 0 aliphatic rings. The van der Waals surface area contributed by atoms with E-state index in [-0.39, 0.29) is 0 Å². The zero-order valence-electron chi connectivity index (χ0n) is 13.0. The number of hydrogen-bond donors (Lipinski definition) is 0. The minimum absolute atomic E-state index is 0.711. The lowest BCUT2D eigenvalue weighted by Crippen LogP contribution is -2.02. The molecule has 0 saturated carbocycles. The van der Waals surface area contributed by atoms with Crippen molar-refractivity contribution in [2.45, 2.75) is 34.6 Å². The van der Waals surface area contributed by atoms with Crippen molar-refractivity contribution >= 4 is 22.6 Å². The van der Waals surface area contributed by atoms with Gasteiger partial charge in [0.1, 0.15) is 0 Å². The Morgan fingerprint density at radius 2 is 1.57 bits per heavy atom. The first kappa shape index (κ1) is 14.1. The fraction of sp³-hybridized carbons (Fsp3) is 0.294. The maximum atomic E-state index is 6.37. The average molecular weight is 300 g/mol. The van der Waals surface area contributed by atoms with Crippen LogP contribution < -0.4 is 0 Å². The fourth-order valence-electron chi connectivity index (χ4n) is 2.69. The largest absolute Gasteiger partial charge is 0.233 e. The van der Waals surface area contributed by atoms with E-state index >= 15 is 0 Å². The monoisotopic (exact) mass is 299 g/mol. The van der Waals surface area contributed by atoms with Crippen LogP contribution in [-0.2, 0) is 0 Å². The van der Waals surface area contributed by atoms with Crippen LogP contribution in [0.25, 0.3) is 16.7 Å². The van der Waals surface area contributed by atoms with Gasteiger partial charge in [-0.3, -0.25) is 0 Å². The van der Waals surface area contributed by atoms with Crippen molar-refractivity contribution < 1.29 is 0 Å². The van der Waals surface area contributed by atoms with Crippen LogP contribution in [-0.4, -0.2) is 14.8 Å². The normalized spacial score (nSPS) is 11.3. The van der Waals surface area contributed by atoms with Gasteiger partial charge in [0.15, 0.2) is 5.65 Å². The lowest BCUT2D eigenvalue weighted by Gasteiger charge is -2.10. The molecule has 0 unspecified atom stereocenters.